The molecule has 48 valence electrons. The van der Waals surface area contributed by atoms with Gasteiger partial charge in [-0.2, -0.15) is 0 Å². The van der Waals surface area contributed by atoms with Crippen LogP contribution < -0.4 is 5.73 Å². The second-order valence-corrected chi connectivity index (χ2v) is 2.17. The summed E-state index contributed by atoms with van der Waals surface area (Å²) < 4.78 is 4.84. The number of methoxy groups -OCH3 is 1. The molecule has 3 nitrogen and oxygen atoms in total. The lowest BCUT2D eigenvalue weighted by Gasteiger charge is -2.37. The van der Waals surface area contributed by atoms with Crippen molar-refractivity contribution in [3.8, 4) is 0 Å². The third-order valence-electron chi connectivity index (χ3n) is 1.59. The van der Waals surface area contributed by atoms with E-state index in [2.05, 4.69) is 0 Å². The van der Waals surface area contributed by atoms with Gasteiger partial charge in [-0.15, -0.1) is 0 Å². The van der Waals surface area contributed by atoms with E-state index in [0.29, 0.717) is 6.42 Å². The number of rotatable bonds is 1. The molecule has 3 N–H and O–H groups in total. The highest BCUT2D eigenvalue weighted by Gasteiger charge is 2.37. The van der Waals surface area contributed by atoms with Crippen LogP contribution in [0.4, 0.5) is 0 Å². The van der Waals surface area contributed by atoms with Crippen molar-refractivity contribution in [3.05, 3.63) is 0 Å². The topological polar surface area (TPSA) is 55.5 Å². The number of hydrogen-bond acceptors (Lipinski definition) is 3. The Labute approximate surface area is 48.4 Å². The van der Waals surface area contributed by atoms with Crippen molar-refractivity contribution in [1.82, 2.24) is 0 Å². The largest absolute Gasteiger partial charge is 0.390 e. The van der Waals surface area contributed by atoms with Crippen molar-refractivity contribution in [2.45, 2.75) is 24.7 Å². The lowest BCUT2D eigenvalue weighted by atomic mass is 9.86. The summed E-state index contributed by atoms with van der Waals surface area (Å²) in [6.45, 7) is 0. The summed E-state index contributed by atoms with van der Waals surface area (Å²) >= 11 is 0. The van der Waals surface area contributed by atoms with Gasteiger partial charge in [-0.1, -0.05) is 0 Å². The van der Waals surface area contributed by atoms with E-state index in [4.69, 9.17) is 15.6 Å². The van der Waals surface area contributed by atoms with Gasteiger partial charge in [0, 0.05) is 13.2 Å². The van der Waals surface area contributed by atoms with Crippen molar-refractivity contribution in [2.24, 2.45) is 5.73 Å². The van der Waals surface area contributed by atoms with Crippen LogP contribution in [-0.4, -0.2) is 30.5 Å². The molecule has 0 aromatic carbocycles. The summed E-state index contributed by atoms with van der Waals surface area (Å²) in [5.41, 5.74) is 5.44. The van der Waals surface area contributed by atoms with Gasteiger partial charge < -0.3 is 15.6 Å². The minimum atomic E-state index is -0.324. The Bertz CT molecular complexity index is 78.5. The number of aliphatic hydroxyl groups excluding tert-OH is 1. The van der Waals surface area contributed by atoms with Crippen LogP contribution in [0.2, 0.25) is 0 Å². The van der Waals surface area contributed by atoms with Gasteiger partial charge in [-0.3, -0.25) is 0 Å². The zero-order valence-electron chi connectivity index (χ0n) is 4.87. The van der Waals surface area contributed by atoms with E-state index in [-0.39, 0.29) is 18.2 Å². The minimum Gasteiger partial charge on any atom is -0.390 e. The average Bonchev–Trinajstić information content (AvgIpc) is 1.67. The maximum absolute atomic E-state index is 8.87. The van der Waals surface area contributed by atoms with Gasteiger partial charge in [0.15, 0.2) is 0 Å². The van der Waals surface area contributed by atoms with Crippen LogP contribution in [0.3, 0.4) is 0 Å². The highest BCUT2D eigenvalue weighted by molar-refractivity contribution is 4.93. The quantitative estimate of drug-likeness (QED) is 0.467. The SMILES string of the molecule is CO[C@@H]1C(N)C[C@H]1O. The third kappa shape index (κ3) is 0.727. The van der Waals surface area contributed by atoms with Gasteiger partial charge in [0.05, 0.1) is 12.2 Å². The third-order valence-corrected chi connectivity index (χ3v) is 1.59. The Morgan fingerprint density at radius 3 is 2.50 bits per heavy atom. The minimum absolute atomic E-state index is 0.0509. The van der Waals surface area contributed by atoms with Crippen LogP contribution in [0.5, 0.6) is 0 Å². The first-order chi connectivity index (χ1) is 3.75. The Kier molecular flexibility index (Phi) is 1.51. The summed E-state index contributed by atoms with van der Waals surface area (Å²) in [6.07, 6.45) is 0.239. The molecular formula is C5H11NO2. The van der Waals surface area contributed by atoms with E-state index in [1.54, 1.807) is 7.11 Å². The maximum atomic E-state index is 8.87. The lowest BCUT2D eigenvalue weighted by molar-refractivity contribution is -0.0912. The van der Waals surface area contributed by atoms with E-state index < -0.39 is 0 Å². The summed E-state index contributed by atoms with van der Waals surface area (Å²) in [4.78, 5) is 0. The fourth-order valence-electron chi connectivity index (χ4n) is 0.968. The number of nitrogens with two attached hydrogens (primary N) is 1. The smallest absolute Gasteiger partial charge is 0.0982 e. The first-order valence-corrected chi connectivity index (χ1v) is 2.72. The molecule has 0 aromatic rings. The molecule has 1 fully saturated rings. The van der Waals surface area contributed by atoms with E-state index in [1.807, 2.05) is 0 Å². The molecule has 1 saturated carbocycles. The molecule has 0 spiro atoms. The van der Waals surface area contributed by atoms with Crippen molar-refractivity contribution in [2.75, 3.05) is 7.11 Å². The standard InChI is InChI=1S/C5H11NO2/c1-8-5-3(6)2-4(5)7/h3-5,7H,2,6H2,1H3/t3?,4-,5-/m1/s1. The van der Waals surface area contributed by atoms with Gasteiger partial charge in [-0.25, -0.2) is 0 Å². The zero-order chi connectivity index (χ0) is 6.15. The number of hydrogen-bond donors (Lipinski definition) is 2. The van der Waals surface area contributed by atoms with E-state index >= 15 is 0 Å². The van der Waals surface area contributed by atoms with Gasteiger partial charge in [0.2, 0.25) is 0 Å². The molecule has 8 heavy (non-hydrogen) atoms. The first kappa shape index (κ1) is 6.01. The fraction of sp³-hybridized carbons (Fsp3) is 1.00. The molecule has 0 heterocycles. The molecule has 1 rings (SSSR count). The van der Waals surface area contributed by atoms with Crippen LogP contribution in [0.15, 0.2) is 0 Å². The lowest BCUT2D eigenvalue weighted by Crippen LogP contribution is -2.56. The van der Waals surface area contributed by atoms with Crippen LogP contribution in [0, 0.1) is 0 Å². The van der Waals surface area contributed by atoms with Crippen LogP contribution in [-0.2, 0) is 4.74 Å². The summed E-state index contributed by atoms with van der Waals surface area (Å²) in [5, 5.41) is 8.87. The average molecular weight is 117 g/mol. The predicted molar refractivity (Wildman–Crippen MR) is 29.4 cm³/mol. The molecule has 1 unspecified atom stereocenters. The second-order valence-electron chi connectivity index (χ2n) is 2.17. The van der Waals surface area contributed by atoms with Gasteiger partial charge in [-0.05, 0) is 6.42 Å². The van der Waals surface area contributed by atoms with Crippen molar-refractivity contribution < 1.29 is 9.84 Å². The summed E-state index contributed by atoms with van der Waals surface area (Å²) in [6, 6.07) is 0.0509. The fourth-order valence-corrected chi connectivity index (χ4v) is 0.968. The first-order valence-electron chi connectivity index (χ1n) is 2.72. The van der Waals surface area contributed by atoms with Gasteiger partial charge in [0.25, 0.3) is 0 Å². The second kappa shape index (κ2) is 2.01. The van der Waals surface area contributed by atoms with Crippen molar-refractivity contribution >= 4 is 0 Å². The highest BCUT2D eigenvalue weighted by Crippen LogP contribution is 2.20. The Morgan fingerprint density at radius 1 is 1.75 bits per heavy atom. The van der Waals surface area contributed by atoms with Crippen molar-refractivity contribution in [1.29, 1.82) is 0 Å². The van der Waals surface area contributed by atoms with E-state index in [0.717, 1.165) is 0 Å². The molecule has 0 saturated heterocycles. The van der Waals surface area contributed by atoms with Crippen LogP contribution in [0.25, 0.3) is 0 Å². The molecule has 0 bridgehead atoms. The van der Waals surface area contributed by atoms with E-state index in [1.165, 1.54) is 0 Å². The van der Waals surface area contributed by atoms with Gasteiger partial charge >= 0.3 is 0 Å². The molecule has 0 aliphatic heterocycles. The van der Waals surface area contributed by atoms with Crippen LogP contribution >= 0.6 is 0 Å². The van der Waals surface area contributed by atoms with Crippen molar-refractivity contribution in [3.63, 3.8) is 0 Å². The maximum Gasteiger partial charge on any atom is 0.0982 e. The number of aliphatic hydroxyl groups is 1. The molecule has 0 amide bonds. The normalized spacial score (nSPS) is 46.1. The number of ether oxygens (including phenoxy) is 1. The molecule has 0 aromatic heterocycles. The Balaban J connectivity index is 2.29. The molecule has 1 aliphatic carbocycles. The molecular weight excluding hydrogens is 106 g/mol. The highest BCUT2D eigenvalue weighted by atomic mass is 16.5. The molecule has 0 radical (unpaired) electrons. The van der Waals surface area contributed by atoms with Gasteiger partial charge in [0.1, 0.15) is 0 Å². The molecule has 3 heteroatoms. The molecule has 3 atom stereocenters. The van der Waals surface area contributed by atoms with E-state index in [9.17, 15) is 0 Å². The predicted octanol–water partition coefficient (Wildman–Crippen LogP) is -0.907. The Hall–Kier alpha value is -0.120. The summed E-state index contributed by atoms with van der Waals surface area (Å²) in [7, 11) is 1.56. The Morgan fingerprint density at radius 2 is 2.38 bits per heavy atom. The zero-order valence-corrected chi connectivity index (χ0v) is 4.87. The summed E-state index contributed by atoms with van der Waals surface area (Å²) in [5.74, 6) is 0. The molecule has 1 aliphatic rings. The monoisotopic (exact) mass is 117 g/mol. The van der Waals surface area contributed by atoms with Crippen LogP contribution in [0.1, 0.15) is 6.42 Å².